The van der Waals surface area contributed by atoms with E-state index in [2.05, 4.69) is 48.5 Å². The summed E-state index contributed by atoms with van der Waals surface area (Å²) in [7, 11) is -9.89. The molecule has 0 heterocycles. The molecule has 510 valence electrons. The van der Waals surface area contributed by atoms with Crippen molar-refractivity contribution in [3.05, 3.63) is 0 Å². The fourth-order valence-corrected chi connectivity index (χ4v) is 11.6. The van der Waals surface area contributed by atoms with Crippen molar-refractivity contribution in [2.45, 2.75) is 349 Å². The van der Waals surface area contributed by atoms with E-state index in [0.717, 1.165) is 108 Å². The zero-order chi connectivity index (χ0) is 63.8. The van der Waals surface area contributed by atoms with Gasteiger partial charge in [-0.2, -0.15) is 0 Å². The first kappa shape index (κ1) is 84.1. The summed E-state index contributed by atoms with van der Waals surface area (Å²) in [5.74, 6) is 0.0772. The highest BCUT2D eigenvalue weighted by atomic mass is 31.2. The molecule has 0 spiro atoms. The number of carbonyl (C=O) groups is 4. The topological polar surface area (TPSA) is 237 Å². The molecule has 17 nitrogen and oxygen atoms in total. The van der Waals surface area contributed by atoms with Gasteiger partial charge in [-0.3, -0.25) is 37.3 Å². The van der Waals surface area contributed by atoms with Crippen LogP contribution in [0, 0.1) is 17.8 Å². The van der Waals surface area contributed by atoms with Crippen LogP contribution in [0.25, 0.3) is 0 Å². The van der Waals surface area contributed by atoms with Gasteiger partial charge in [-0.1, -0.05) is 280 Å². The zero-order valence-corrected chi connectivity index (χ0v) is 57.6. The van der Waals surface area contributed by atoms with Crippen LogP contribution in [0.5, 0.6) is 0 Å². The molecule has 0 fully saturated rings. The molecule has 0 rings (SSSR count). The number of carbonyl (C=O) groups excluding carboxylic acids is 4. The Morgan fingerprint density at radius 1 is 0.337 bits per heavy atom. The van der Waals surface area contributed by atoms with Crippen LogP contribution in [0.1, 0.15) is 331 Å². The van der Waals surface area contributed by atoms with Crippen LogP contribution in [0.3, 0.4) is 0 Å². The Morgan fingerprint density at radius 3 is 0.884 bits per heavy atom. The second kappa shape index (κ2) is 58.2. The molecule has 0 aliphatic rings. The summed E-state index contributed by atoms with van der Waals surface area (Å²) < 4.78 is 68.1. The van der Waals surface area contributed by atoms with Crippen LogP contribution in [-0.4, -0.2) is 96.7 Å². The average molecular weight is 1270 g/mol. The first-order chi connectivity index (χ1) is 41.3. The van der Waals surface area contributed by atoms with Gasteiger partial charge in [-0.25, -0.2) is 9.13 Å². The number of aliphatic hydroxyl groups is 1. The summed E-state index contributed by atoms with van der Waals surface area (Å²) in [5.41, 5.74) is 0. The summed E-state index contributed by atoms with van der Waals surface area (Å²) >= 11 is 0. The van der Waals surface area contributed by atoms with Gasteiger partial charge in [0, 0.05) is 25.7 Å². The first-order valence-corrected chi connectivity index (χ1v) is 37.9. The SMILES string of the molecule is CCCCCCCCCCCCCCC(=O)O[C@H](COC(=O)CCCCCCCCC(C)C)COP(=O)(O)OC[C@H](O)COP(=O)(O)OC[C@@H](COC(=O)CCCCCCCCCCC(C)CC)OC(=O)CCCCCCCCCCCCC(C)C. The third-order valence-electron chi connectivity index (χ3n) is 15.7. The lowest BCUT2D eigenvalue weighted by Gasteiger charge is -2.21. The van der Waals surface area contributed by atoms with Crippen LogP contribution in [0.15, 0.2) is 0 Å². The first-order valence-electron chi connectivity index (χ1n) is 34.9. The quantitative estimate of drug-likeness (QED) is 0.0222. The Labute approximate surface area is 524 Å². The normalized spacial score (nSPS) is 14.6. The molecular formula is C67H130O17P2. The standard InChI is InChI=1S/C67H130O17P2/c1-8-10-11-12-13-14-15-16-20-27-36-43-50-66(71)84-63(55-78-65(70)49-42-35-30-29-32-39-46-59(5)6)57-82-86(75,76)80-53-61(68)52-79-85(73,74)81-56-62(54-77-64(69)48-41-34-26-23-22-25-33-40-47-60(7)9-2)83-67(72)51-44-37-28-21-18-17-19-24-31-38-45-58(3)4/h58-63,68H,8-57H2,1-7H3,(H,73,74)(H,75,76)/t60?,61-,62-,63-/m1/s1. The Morgan fingerprint density at radius 2 is 0.593 bits per heavy atom. The van der Waals surface area contributed by atoms with E-state index in [9.17, 15) is 43.2 Å². The van der Waals surface area contributed by atoms with Gasteiger partial charge >= 0.3 is 39.5 Å². The smallest absolute Gasteiger partial charge is 0.462 e. The van der Waals surface area contributed by atoms with Gasteiger partial charge in [0.05, 0.1) is 26.4 Å². The molecule has 0 bridgehead atoms. The molecule has 0 amide bonds. The largest absolute Gasteiger partial charge is 0.472 e. The Hall–Kier alpha value is -1.94. The number of esters is 4. The number of aliphatic hydroxyl groups excluding tert-OH is 1. The van der Waals surface area contributed by atoms with Gasteiger partial charge in [0.1, 0.15) is 19.3 Å². The molecule has 0 radical (unpaired) electrons. The van der Waals surface area contributed by atoms with E-state index >= 15 is 0 Å². The number of hydrogen-bond acceptors (Lipinski definition) is 15. The highest BCUT2D eigenvalue weighted by molar-refractivity contribution is 7.47. The molecule has 0 aromatic heterocycles. The van der Waals surface area contributed by atoms with Gasteiger partial charge in [0.25, 0.3) is 0 Å². The number of hydrogen-bond donors (Lipinski definition) is 3. The second-order valence-electron chi connectivity index (χ2n) is 25.4. The maximum absolute atomic E-state index is 13.0. The predicted molar refractivity (Wildman–Crippen MR) is 344 cm³/mol. The lowest BCUT2D eigenvalue weighted by molar-refractivity contribution is -0.161. The number of rotatable bonds is 65. The monoisotopic (exact) mass is 1270 g/mol. The van der Waals surface area contributed by atoms with Crippen LogP contribution >= 0.6 is 15.6 Å². The molecule has 6 atom stereocenters. The van der Waals surface area contributed by atoms with Gasteiger partial charge in [-0.15, -0.1) is 0 Å². The van der Waals surface area contributed by atoms with E-state index < -0.39 is 97.5 Å². The van der Waals surface area contributed by atoms with E-state index in [0.29, 0.717) is 31.6 Å². The molecule has 0 aromatic carbocycles. The van der Waals surface area contributed by atoms with Crippen LogP contribution in [0.4, 0.5) is 0 Å². The molecule has 3 N–H and O–H groups in total. The highest BCUT2D eigenvalue weighted by Gasteiger charge is 2.30. The molecule has 19 heteroatoms. The molecule has 0 aliphatic heterocycles. The number of phosphoric acid groups is 2. The van der Waals surface area contributed by atoms with Gasteiger partial charge < -0.3 is 33.8 Å². The molecule has 0 saturated carbocycles. The van der Waals surface area contributed by atoms with Crippen molar-refractivity contribution < 1.29 is 80.2 Å². The van der Waals surface area contributed by atoms with Crippen molar-refractivity contribution in [1.82, 2.24) is 0 Å². The maximum Gasteiger partial charge on any atom is 0.472 e. The Bertz CT molecular complexity index is 1700. The van der Waals surface area contributed by atoms with Crippen LogP contribution < -0.4 is 0 Å². The third kappa shape index (κ3) is 59.7. The van der Waals surface area contributed by atoms with E-state index in [4.69, 9.17) is 37.0 Å². The zero-order valence-electron chi connectivity index (χ0n) is 55.8. The second-order valence-corrected chi connectivity index (χ2v) is 28.3. The minimum absolute atomic E-state index is 0.105. The summed E-state index contributed by atoms with van der Waals surface area (Å²) in [5, 5.41) is 10.6. The van der Waals surface area contributed by atoms with Crippen molar-refractivity contribution in [3.8, 4) is 0 Å². The molecule has 0 aromatic rings. The van der Waals surface area contributed by atoms with E-state index in [1.165, 1.54) is 135 Å². The predicted octanol–water partition coefficient (Wildman–Crippen LogP) is 18.7. The fraction of sp³-hybridized carbons (Fsp3) is 0.940. The van der Waals surface area contributed by atoms with E-state index in [1.54, 1.807) is 0 Å². The Kier molecular flexibility index (Phi) is 56.9. The van der Waals surface area contributed by atoms with Crippen molar-refractivity contribution in [3.63, 3.8) is 0 Å². The lowest BCUT2D eigenvalue weighted by atomic mass is 9.99. The minimum atomic E-state index is -4.95. The average Bonchev–Trinajstić information content (AvgIpc) is 3.67. The Balaban J connectivity index is 5.26. The lowest BCUT2D eigenvalue weighted by Crippen LogP contribution is -2.30. The van der Waals surface area contributed by atoms with Crippen molar-refractivity contribution in [1.29, 1.82) is 0 Å². The molecule has 86 heavy (non-hydrogen) atoms. The minimum Gasteiger partial charge on any atom is -0.462 e. The highest BCUT2D eigenvalue weighted by Crippen LogP contribution is 2.45. The molecule has 0 saturated heterocycles. The number of unbranched alkanes of at least 4 members (excludes halogenated alkanes) is 32. The summed E-state index contributed by atoms with van der Waals surface area (Å²) in [6, 6.07) is 0. The molecule has 3 unspecified atom stereocenters. The fourth-order valence-electron chi connectivity index (χ4n) is 9.98. The summed E-state index contributed by atoms with van der Waals surface area (Å²) in [4.78, 5) is 72.4. The van der Waals surface area contributed by atoms with Crippen LogP contribution in [-0.2, 0) is 65.4 Å². The van der Waals surface area contributed by atoms with Gasteiger partial charge in [0.15, 0.2) is 12.2 Å². The number of phosphoric ester groups is 2. The van der Waals surface area contributed by atoms with E-state index in [-0.39, 0.29) is 25.7 Å². The van der Waals surface area contributed by atoms with Crippen molar-refractivity contribution in [2.75, 3.05) is 39.6 Å². The van der Waals surface area contributed by atoms with Crippen LogP contribution in [0.2, 0.25) is 0 Å². The van der Waals surface area contributed by atoms with E-state index in [1.807, 2.05) is 0 Å². The third-order valence-corrected chi connectivity index (χ3v) is 17.6. The maximum atomic E-state index is 13.0. The van der Waals surface area contributed by atoms with Gasteiger partial charge in [0.2, 0.25) is 0 Å². The summed E-state index contributed by atoms with van der Waals surface area (Å²) in [6.07, 6.45) is 40.3. The van der Waals surface area contributed by atoms with Gasteiger partial charge in [-0.05, 0) is 43.4 Å². The number of ether oxygens (including phenoxy) is 4. The molecule has 0 aliphatic carbocycles. The van der Waals surface area contributed by atoms with Crippen molar-refractivity contribution >= 4 is 39.5 Å². The van der Waals surface area contributed by atoms with Crippen molar-refractivity contribution in [2.24, 2.45) is 17.8 Å². The molecular weight excluding hydrogens is 1140 g/mol. The summed E-state index contributed by atoms with van der Waals surface area (Å²) in [6.45, 7) is 11.7.